The minimum absolute atomic E-state index is 0.00904. The molecular formula is C29H33BrN2O4. The highest BCUT2D eigenvalue weighted by atomic mass is 79.9. The summed E-state index contributed by atoms with van der Waals surface area (Å²) in [6.07, 6.45) is 1.18. The predicted octanol–water partition coefficient (Wildman–Crippen LogP) is 5.39. The first-order chi connectivity index (χ1) is 17.4. The van der Waals surface area contributed by atoms with Crippen LogP contribution in [0.5, 0.6) is 11.5 Å². The minimum atomic E-state index is -0.709. The molecule has 190 valence electrons. The van der Waals surface area contributed by atoms with Gasteiger partial charge in [-0.25, -0.2) is 0 Å². The van der Waals surface area contributed by atoms with Crippen LogP contribution in [0, 0.1) is 0 Å². The van der Waals surface area contributed by atoms with Crippen molar-refractivity contribution >= 4 is 27.7 Å². The summed E-state index contributed by atoms with van der Waals surface area (Å²) in [5.74, 6) is 0.542. The maximum atomic E-state index is 13.6. The Kier molecular flexibility index (Phi) is 10.4. The molecule has 0 aliphatic rings. The second-order valence-electron chi connectivity index (χ2n) is 8.61. The average Bonchev–Trinajstić information content (AvgIpc) is 2.90. The van der Waals surface area contributed by atoms with Gasteiger partial charge in [0.1, 0.15) is 6.04 Å². The molecule has 0 radical (unpaired) electrons. The summed E-state index contributed by atoms with van der Waals surface area (Å²) in [6.45, 7) is 4.03. The Balaban J connectivity index is 1.92. The summed E-state index contributed by atoms with van der Waals surface area (Å²) < 4.78 is 12.1. The third-order valence-electron chi connectivity index (χ3n) is 5.96. The van der Waals surface area contributed by atoms with Crippen molar-refractivity contribution < 1.29 is 19.1 Å². The molecule has 1 N–H and O–H groups in total. The SMILES string of the molecule is CC[C@H](C)NC(=O)[C@H](Cc1ccccc1)N(Cc1ccc(Br)cc1)C(=O)COc1ccccc1OC. The zero-order valence-electron chi connectivity index (χ0n) is 20.9. The van der Waals surface area contributed by atoms with E-state index in [0.29, 0.717) is 17.9 Å². The van der Waals surface area contributed by atoms with Gasteiger partial charge in [0.05, 0.1) is 7.11 Å². The molecule has 0 bridgehead atoms. The van der Waals surface area contributed by atoms with Crippen LogP contribution >= 0.6 is 15.9 Å². The fraction of sp³-hybridized carbons (Fsp3) is 0.310. The zero-order valence-corrected chi connectivity index (χ0v) is 22.5. The minimum Gasteiger partial charge on any atom is -0.493 e. The molecular weight excluding hydrogens is 520 g/mol. The molecule has 2 amide bonds. The van der Waals surface area contributed by atoms with E-state index >= 15 is 0 Å². The highest BCUT2D eigenvalue weighted by Crippen LogP contribution is 2.26. The van der Waals surface area contributed by atoms with Crippen LogP contribution in [-0.4, -0.2) is 42.5 Å². The van der Waals surface area contributed by atoms with E-state index in [-0.39, 0.29) is 31.0 Å². The van der Waals surface area contributed by atoms with E-state index in [2.05, 4.69) is 21.2 Å². The van der Waals surface area contributed by atoms with Crippen molar-refractivity contribution in [2.75, 3.05) is 13.7 Å². The Morgan fingerprint density at radius 3 is 2.19 bits per heavy atom. The third kappa shape index (κ3) is 7.85. The van der Waals surface area contributed by atoms with Crippen LogP contribution in [-0.2, 0) is 22.6 Å². The summed E-state index contributed by atoms with van der Waals surface area (Å²) in [5.41, 5.74) is 1.89. The number of halogens is 1. The van der Waals surface area contributed by atoms with Crippen LogP contribution in [0.25, 0.3) is 0 Å². The van der Waals surface area contributed by atoms with E-state index in [0.717, 1.165) is 22.0 Å². The van der Waals surface area contributed by atoms with Gasteiger partial charge in [-0.2, -0.15) is 0 Å². The molecule has 2 atom stereocenters. The first-order valence-electron chi connectivity index (χ1n) is 12.0. The lowest BCUT2D eigenvalue weighted by Gasteiger charge is -2.32. The lowest BCUT2D eigenvalue weighted by molar-refractivity contribution is -0.143. The molecule has 3 rings (SSSR count). The number of carbonyl (C=O) groups is 2. The van der Waals surface area contributed by atoms with Crippen molar-refractivity contribution in [3.05, 3.63) is 94.5 Å². The van der Waals surface area contributed by atoms with Crippen molar-refractivity contribution in [3.8, 4) is 11.5 Å². The molecule has 0 unspecified atom stereocenters. The zero-order chi connectivity index (χ0) is 25.9. The van der Waals surface area contributed by atoms with Gasteiger partial charge in [0.15, 0.2) is 18.1 Å². The van der Waals surface area contributed by atoms with Crippen LogP contribution in [0.1, 0.15) is 31.4 Å². The van der Waals surface area contributed by atoms with E-state index in [1.165, 1.54) is 0 Å². The number of nitrogens with one attached hydrogen (secondary N) is 1. The number of hydrogen-bond donors (Lipinski definition) is 1. The number of hydrogen-bond acceptors (Lipinski definition) is 4. The molecule has 0 aliphatic carbocycles. The number of nitrogens with zero attached hydrogens (tertiary/aromatic N) is 1. The lowest BCUT2D eigenvalue weighted by Crippen LogP contribution is -2.53. The van der Waals surface area contributed by atoms with Crippen molar-refractivity contribution in [1.29, 1.82) is 0 Å². The van der Waals surface area contributed by atoms with E-state index in [9.17, 15) is 9.59 Å². The summed E-state index contributed by atoms with van der Waals surface area (Å²) in [5, 5.41) is 3.07. The molecule has 0 fully saturated rings. The number of methoxy groups -OCH3 is 1. The number of carbonyl (C=O) groups excluding carboxylic acids is 2. The molecule has 3 aromatic rings. The molecule has 3 aromatic carbocycles. The fourth-order valence-electron chi connectivity index (χ4n) is 3.74. The lowest BCUT2D eigenvalue weighted by atomic mass is 10.0. The van der Waals surface area contributed by atoms with Gasteiger partial charge in [0, 0.05) is 23.5 Å². The standard InChI is InChI=1S/C29H33BrN2O4/c1-4-21(2)31-29(34)25(18-22-10-6-5-7-11-22)32(19-23-14-16-24(30)17-15-23)28(33)20-36-27-13-9-8-12-26(27)35-3/h5-17,21,25H,4,18-20H2,1-3H3,(H,31,34)/t21-,25-/m0/s1. The van der Waals surface area contributed by atoms with Crippen LogP contribution in [0.2, 0.25) is 0 Å². The van der Waals surface area contributed by atoms with Gasteiger partial charge < -0.3 is 19.7 Å². The predicted molar refractivity (Wildman–Crippen MR) is 145 cm³/mol. The highest BCUT2D eigenvalue weighted by Gasteiger charge is 2.31. The molecule has 0 aliphatic heterocycles. The van der Waals surface area contributed by atoms with Gasteiger partial charge in [-0.15, -0.1) is 0 Å². The van der Waals surface area contributed by atoms with E-state index in [4.69, 9.17) is 9.47 Å². The molecule has 36 heavy (non-hydrogen) atoms. The Labute approximate surface area is 221 Å². The van der Waals surface area contributed by atoms with Gasteiger partial charge in [-0.1, -0.05) is 77.5 Å². The van der Waals surface area contributed by atoms with Crippen molar-refractivity contribution in [2.45, 2.75) is 45.3 Å². The maximum absolute atomic E-state index is 13.6. The highest BCUT2D eigenvalue weighted by molar-refractivity contribution is 9.10. The molecule has 0 saturated carbocycles. The second kappa shape index (κ2) is 13.7. The van der Waals surface area contributed by atoms with Crippen LogP contribution < -0.4 is 14.8 Å². The van der Waals surface area contributed by atoms with Crippen molar-refractivity contribution in [1.82, 2.24) is 10.2 Å². The largest absolute Gasteiger partial charge is 0.493 e. The first kappa shape index (κ1) is 27.3. The third-order valence-corrected chi connectivity index (χ3v) is 6.49. The van der Waals surface area contributed by atoms with Crippen molar-refractivity contribution in [3.63, 3.8) is 0 Å². The molecule has 0 spiro atoms. The van der Waals surface area contributed by atoms with Crippen molar-refractivity contribution in [2.24, 2.45) is 0 Å². The number of rotatable bonds is 12. The van der Waals surface area contributed by atoms with Gasteiger partial charge in [0.25, 0.3) is 5.91 Å². The Morgan fingerprint density at radius 1 is 0.917 bits per heavy atom. The summed E-state index contributed by atoms with van der Waals surface area (Å²) in [4.78, 5) is 28.8. The summed E-state index contributed by atoms with van der Waals surface area (Å²) in [7, 11) is 1.55. The smallest absolute Gasteiger partial charge is 0.261 e. The normalized spacial score (nSPS) is 12.3. The van der Waals surface area contributed by atoms with Gasteiger partial charge in [-0.05, 0) is 48.7 Å². The van der Waals surface area contributed by atoms with E-state index < -0.39 is 6.04 Å². The molecule has 0 aromatic heterocycles. The fourth-order valence-corrected chi connectivity index (χ4v) is 4.01. The molecule has 7 heteroatoms. The molecule has 6 nitrogen and oxygen atoms in total. The van der Waals surface area contributed by atoms with Gasteiger partial charge in [-0.3, -0.25) is 9.59 Å². The number of ether oxygens (including phenoxy) is 2. The van der Waals surface area contributed by atoms with Crippen LogP contribution in [0.3, 0.4) is 0 Å². The Morgan fingerprint density at radius 2 is 1.56 bits per heavy atom. The Hall–Kier alpha value is -3.32. The second-order valence-corrected chi connectivity index (χ2v) is 9.53. The number of benzene rings is 3. The van der Waals surface area contributed by atoms with E-state index in [1.54, 1.807) is 24.1 Å². The quantitative estimate of drug-likeness (QED) is 0.327. The Bertz CT molecular complexity index is 1120. The summed E-state index contributed by atoms with van der Waals surface area (Å²) >= 11 is 3.46. The van der Waals surface area contributed by atoms with E-state index in [1.807, 2.05) is 80.6 Å². The van der Waals surface area contributed by atoms with Crippen LogP contribution in [0.15, 0.2) is 83.3 Å². The number of amides is 2. The molecule has 0 saturated heterocycles. The van der Waals surface area contributed by atoms with Gasteiger partial charge in [0.2, 0.25) is 5.91 Å². The monoisotopic (exact) mass is 552 g/mol. The van der Waals surface area contributed by atoms with Gasteiger partial charge >= 0.3 is 0 Å². The first-order valence-corrected chi connectivity index (χ1v) is 12.8. The maximum Gasteiger partial charge on any atom is 0.261 e. The average molecular weight is 553 g/mol. The molecule has 0 heterocycles. The topological polar surface area (TPSA) is 67.9 Å². The van der Waals surface area contributed by atoms with Crippen LogP contribution in [0.4, 0.5) is 0 Å². The summed E-state index contributed by atoms with van der Waals surface area (Å²) in [6, 6.07) is 23.9. The number of para-hydroxylation sites is 2.